The van der Waals surface area contributed by atoms with Crippen molar-refractivity contribution < 1.29 is 9.90 Å². The third kappa shape index (κ3) is 4.43. The number of hydrogen-bond acceptors (Lipinski definition) is 2. The maximum absolute atomic E-state index is 10.6. The van der Waals surface area contributed by atoms with Gasteiger partial charge in [-0.2, -0.15) is 0 Å². The molecule has 3 nitrogen and oxygen atoms in total. The van der Waals surface area contributed by atoms with Gasteiger partial charge in [-0.25, -0.2) is 4.79 Å². The first kappa shape index (κ1) is 15.8. The maximum atomic E-state index is 10.6. The summed E-state index contributed by atoms with van der Waals surface area (Å²) in [6, 6.07) is 8.73. The number of nitrogens with zero attached hydrogens (tertiary/aromatic N) is 1. The second kappa shape index (κ2) is 6.90. The average molecular weight is 287 g/mol. The van der Waals surface area contributed by atoms with Gasteiger partial charge in [0.15, 0.2) is 0 Å². The first-order valence-corrected chi connectivity index (χ1v) is 7.69. The minimum atomic E-state index is -0.910. The van der Waals surface area contributed by atoms with E-state index in [0.717, 1.165) is 30.5 Å². The van der Waals surface area contributed by atoms with Crippen LogP contribution in [-0.4, -0.2) is 28.6 Å². The molecule has 114 valence electrons. The highest BCUT2D eigenvalue weighted by atomic mass is 16.4. The normalized spacial score (nSPS) is 27.1. The lowest BCUT2D eigenvalue weighted by atomic mass is 9.86. The number of rotatable bonds is 4. The first-order valence-electron chi connectivity index (χ1n) is 7.69. The topological polar surface area (TPSA) is 40.5 Å². The fourth-order valence-electron chi connectivity index (χ4n) is 3.24. The van der Waals surface area contributed by atoms with Gasteiger partial charge in [0.2, 0.25) is 0 Å². The van der Waals surface area contributed by atoms with Crippen molar-refractivity contribution in [2.24, 2.45) is 11.8 Å². The van der Waals surface area contributed by atoms with Crippen LogP contribution in [0.4, 0.5) is 0 Å². The minimum Gasteiger partial charge on any atom is -0.478 e. The molecule has 21 heavy (non-hydrogen) atoms. The molecular formula is C18H25NO2. The maximum Gasteiger partial charge on any atom is 0.328 e. The quantitative estimate of drug-likeness (QED) is 0.859. The number of benzene rings is 1. The summed E-state index contributed by atoms with van der Waals surface area (Å²) in [6.45, 7) is 9.04. The molecule has 0 bridgehead atoms. The number of piperidine rings is 1. The Bertz CT molecular complexity index is 524. The van der Waals surface area contributed by atoms with E-state index >= 15 is 0 Å². The molecule has 3 unspecified atom stereocenters. The molecule has 0 saturated carbocycles. The summed E-state index contributed by atoms with van der Waals surface area (Å²) >= 11 is 0. The fraction of sp³-hybridized carbons (Fsp3) is 0.500. The average Bonchev–Trinajstić information content (AvgIpc) is 2.42. The Labute approximate surface area is 127 Å². The lowest BCUT2D eigenvalue weighted by molar-refractivity contribution is -0.131. The summed E-state index contributed by atoms with van der Waals surface area (Å²) in [4.78, 5) is 13.1. The largest absolute Gasteiger partial charge is 0.478 e. The van der Waals surface area contributed by atoms with E-state index in [1.54, 1.807) is 6.08 Å². The summed E-state index contributed by atoms with van der Waals surface area (Å²) in [7, 11) is 0. The van der Waals surface area contributed by atoms with Crippen LogP contribution in [0.2, 0.25) is 0 Å². The molecule has 1 N–H and O–H groups in total. The van der Waals surface area contributed by atoms with Crippen LogP contribution in [-0.2, 0) is 11.3 Å². The lowest BCUT2D eigenvalue weighted by Gasteiger charge is -2.41. The van der Waals surface area contributed by atoms with E-state index in [2.05, 4.69) is 37.8 Å². The van der Waals surface area contributed by atoms with Gasteiger partial charge in [0.25, 0.3) is 0 Å². The summed E-state index contributed by atoms with van der Waals surface area (Å²) in [5.41, 5.74) is 2.19. The molecule has 1 aromatic carbocycles. The Morgan fingerprint density at radius 2 is 2.14 bits per heavy atom. The van der Waals surface area contributed by atoms with Crippen molar-refractivity contribution >= 4 is 12.0 Å². The summed E-state index contributed by atoms with van der Waals surface area (Å²) in [6.07, 6.45) is 4.14. The van der Waals surface area contributed by atoms with Gasteiger partial charge in [-0.3, -0.25) is 4.90 Å². The van der Waals surface area contributed by atoms with E-state index < -0.39 is 5.97 Å². The summed E-state index contributed by atoms with van der Waals surface area (Å²) < 4.78 is 0. The van der Waals surface area contributed by atoms with E-state index in [-0.39, 0.29) is 0 Å². The van der Waals surface area contributed by atoms with Gasteiger partial charge in [0.05, 0.1) is 0 Å². The smallest absolute Gasteiger partial charge is 0.328 e. The molecule has 0 aliphatic carbocycles. The highest BCUT2D eigenvalue weighted by Crippen LogP contribution is 2.28. The standard InChI is InChI=1S/C18H25NO2/c1-13-9-14(2)15(3)19(11-13)12-17-6-4-5-16(10-17)7-8-18(20)21/h4-8,10,13-15H,9,11-12H2,1-3H3,(H,20,21)/b8-7+. The number of carboxylic acid groups (broad SMARTS) is 1. The zero-order chi connectivity index (χ0) is 15.4. The fourth-order valence-corrected chi connectivity index (χ4v) is 3.24. The zero-order valence-electron chi connectivity index (χ0n) is 13.1. The van der Waals surface area contributed by atoms with Gasteiger partial charge in [0.1, 0.15) is 0 Å². The van der Waals surface area contributed by atoms with E-state index in [0.29, 0.717) is 6.04 Å². The summed E-state index contributed by atoms with van der Waals surface area (Å²) in [5, 5.41) is 8.70. The highest BCUT2D eigenvalue weighted by molar-refractivity contribution is 5.85. The predicted molar refractivity (Wildman–Crippen MR) is 85.9 cm³/mol. The number of aliphatic carboxylic acids is 1. The van der Waals surface area contributed by atoms with Crippen molar-refractivity contribution in [3.05, 3.63) is 41.5 Å². The molecule has 1 aromatic rings. The molecule has 0 spiro atoms. The number of carbonyl (C=O) groups is 1. The predicted octanol–water partition coefficient (Wildman–Crippen LogP) is 3.65. The van der Waals surface area contributed by atoms with Crippen LogP contribution in [0.1, 0.15) is 38.3 Å². The van der Waals surface area contributed by atoms with Crippen molar-refractivity contribution in [2.75, 3.05) is 6.54 Å². The van der Waals surface area contributed by atoms with Crippen molar-refractivity contribution in [3.8, 4) is 0 Å². The van der Waals surface area contributed by atoms with Gasteiger partial charge < -0.3 is 5.11 Å². The van der Waals surface area contributed by atoms with Crippen LogP contribution in [0.25, 0.3) is 6.08 Å². The third-order valence-corrected chi connectivity index (χ3v) is 4.47. The van der Waals surface area contributed by atoms with Crippen LogP contribution < -0.4 is 0 Å². The molecule has 1 fully saturated rings. The van der Waals surface area contributed by atoms with E-state index in [1.807, 2.05) is 12.1 Å². The molecule has 3 atom stereocenters. The number of carboxylic acids is 1. The Kier molecular flexibility index (Phi) is 5.18. The molecule has 1 saturated heterocycles. The van der Waals surface area contributed by atoms with Gasteiger partial charge >= 0.3 is 5.97 Å². The molecule has 0 aromatic heterocycles. The Balaban J connectivity index is 2.08. The highest BCUT2D eigenvalue weighted by Gasteiger charge is 2.28. The SMILES string of the molecule is CC1CC(C)C(C)N(Cc2cccc(/C=C/C(=O)O)c2)C1. The third-order valence-electron chi connectivity index (χ3n) is 4.47. The van der Waals surface area contributed by atoms with Crippen molar-refractivity contribution in [1.82, 2.24) is 4.90 Å². The van der Waals surface area contributed by atoms with Crippen LogP contribution in [0.3, 0.4) is 0 Å². The van der Waals surface area contributed by atoms with Gasteiger partial charge in [0, 0.05) is 25.2 Å². The number of likely N-dealkylation sites (tertiary alicyclic amines) is 1. The van der Waals surface area contributed by atoms with Crippen molar-refractivity contribution in [3.63, 3.8) is 0 Å². The molecule has 0 radical (unpaired) electrons. The molecule has 1 heterocycles. The van der Waals surface area contributed by atoms with Crippen LogP contribution in [0, 0.1) is 11.8 Å². The van der Waals surface area contributed by atoms with E-state index in [1.165, 1.54) is 18.1 Å². The lowest BCUT2D eigenvalue weighted by Crippen LogP contribution is -2.45. The molecular weight excluding hydrogens is 262 g/mol. The molecule has 1 aliphatic heterocycles. The second-order valence-corrected chi connectivity index (χ2v) is 6.40. The minimum absolute atomic E-state index is 0.597. The van der Waals surface area contributed by atoms with E-state index in [9.17, 15) is 4.79 Å². The van der Waals surface area contributed by atoms with Crippen LogP contribution in [0.5, 0.6) is 0 Å². The number of hydrogen-bond donors (Lipinski definition) is 1. The van der Waals surface area contributed by atoms with Gasteiger partial charge in [-0.15, -0.1) is 0 Å². The van der Waals surface area contributed by atoms with Crippen LogP contribution in [0.15, 0.2) is 30.3 Å². The monoisotopic (exact) mass is 287 g/mol. The van der Waals surface area contributed by atoms with Crippen molar-refractivity contribution in [1.29, 1.82) is 0 Å². The van der Waals surface area contributed by atoms with Crippen LogP contribution >= 0.6 is 0 Å². The Morgan fingerprint density at radius 1 is 1.38 bits per heavy atom. The van der Waals surface area contributed by atoms with Gasteiger partial charge in [-0.05, 0) is 42.4 Å². The zero-order valence-corrected chi connectivity index (χ0v) is 13.1. The molecule has 2 rings (SSSR count). The summed E-state index contributed by atoms with van der Waals surface area (Å²) in [5.74, 6) is 0.558. The Morgan fingerprint density at radius 3 is 2.86 bits per heavy atom. The molecule has 3 heteroatoms. The van der Waals surface area contributed by atoms with Gasteiger partial charge in [-0.1, -0.05) is 38.1 Å². The van der Waals surface area contributed by atoms with Crippen molar-refractivity contribution in [2.45, 2.75) is 39.8 Å². The molecule has 1 aliphatic rings. The second-order valence-electron chi connectivity index (χ2n) is 6.40. The molecule has 0 amide bonds. The van der Waals surface area contributed by atoms with E-state index in [4.69, 9.17) is 5.11 Å². The Hall–Kier alpha value is -1.61. The first-order chi connectivity index (χ1) is 9.95.